The van der Waals surface area contributed by atoms with Gasteiger partial charge in [-0.25, -0.2) is 9.37 Å². The highest BCUT2D eigenvalue weighted by molar-refractivity contribution is 5.79. The zero-order valence-corrected chi connectivity index (χ0v) is 19.9. The lowest BCUT2D eigenvalue weighted by Crippen LogP contribution is -2.49. The van der Waals surface area contributed by atoms with Gasteiger partial charge >= 0.3 is 0 Å². The Morgan fingerprint density at radius 2 is 1.86 bits per heavy atom. The summed E-state index contributed by atoms with van der Waals surface area (Å²) in [7, 11) is 0. The third kappa shape index (κ3) is 5.19. The van der Waals surface area contributed by atoms with E-state index in [-0.39, 0.29) is 37.5 Å². The zero-order chi connectivity index (χ0) is 25.1. The van der Waals surface area contributed by atoms with Crippen molar-refractivity contribution in [3.63, 3.8) is 0 Å². The molecule has 0 bridgehead atoms. The van der Waals surface area contributed by atoms with E-state index in [4.69, 9.17) is 4.52 Å². The summed E-state index contributed by atoms with van der Waals surface area (Å²) in [6.45, 7) is 4.42. The van der Waals surface area contributed by atoms with Crippen LogP contribution >= 0.6 is 0 Å². The van der Waals surface area contributed by atoms with Crippen molar-refractivity contribution in [1.29, 1.82) is 0 Å². The van der Waals surface area contributed by atoms with Crippen LogP contribution in [0.3, 0.4) is 0 Å². The number of nitrogens with zero attached hydrogens (tertiary/aromatic N) is 6. The maximum Gasteiger partial charge on any atom is 0.257 e. The molecule has 0 unspecified atom stereocenters. The van der Waals surface area contributed by atoms with Crippen LogP contribution in [0, 0.1) is 5.82 Å². The van der Waals surface area contributed by atoms with Crippen LogP contribution in [0.25, 0.3) is 11.5 Å². The van der Waals surface area contributed by atoms with Crippen LogP contribution in [0.1, 0.15) is 35.6 Å². The fourth-order valence-electron chi connectivity index (χ4n) is 4.35. The molecule has 186 valence electrons. The Bertz CT molecular complexity index is 1320. The van der Waals surface area contributed by atoms with E-state index in [9.17, 15) is 14.3 Å². The first-order chi connectivity index (χ1) is 17.5. The Hall–Kier alpha value is -3.89. The highest BCUT2D eigenvalue weighted by Gasteiger charge is 2.26. The Labute approximate surface area is 207 Å². The molecular formula is C26H27FN6O3. The van der Waals surface area contributed by atoms with Gasteiger partial charge in [0.25, 0.3) is 5.89 Å². The number of halogens is 1. The average Bonchev–Trinajstić information content (AvgIpc) is 3.55. The number of rotatable bonds is 8. The van der Waals surface area contributed by atoms with E-state index in [1.54, 1.807) is 35.5 Å². The topological polar surface area (TPSA) is 101 Å². The van der Waals surface area contributed by atoms with Crippen LogP contribution in [0.2, 0.25) is 0 Å². The van der Waals surface area contributed by atoms with Gasteiger partial charge in [-0.15, -0.1) is 0 Å². The van der Waals surface area contributed by atoms with E-state index in [1.165, 1.54) is 12.1 Å². The maximum atomic E-state index is 13.3. The predicted octanol–water partition coefficient (Wildman–Crippen LogP) is 3.02. The van der Waals surface area contributed by atoms with E-state index in [0.717, 1.165) is 22.4 Å². The van der Waals surface area contributed by atoms with Crippen molar-refractivity contribution in [3.8, 4) is 11.5 Å². The second-order valence-electron chi connectivity index (χ2n) is 8.92. The highest BCUT2D eigenvalue weighted by Crippen LogP contribution is 2.22. The molecule has 0 spiro atoms. The number of aromatic nitrogens is 4. The molecule has 36 heavy (non-hydrogen) atoms. The summed E-state index contributed by atoms with van der Waals surface area (Å²) in [5.74, 6) is 0.563. The SMILES string of the molecule is C[C@H](c1ccc(F)cc1)n1cncc1CN1CCN(Cc2noc(-c3ccc(CO)cc3)n2)C(=O)C1. The molecule has 5 rings (SSSR count). The molecule has 0 radical (unpaired) electrons. The van der Waals surface area contributed by atoms with Gasteiger partial charge in [-0.3, -0.25) is 9.69 Å². The minimum atomic E-state index is -0.262. The summed E-state index contributed by atoms with van der Waals surface area (Å²) in [6.07, 6.45) is 3.58. The number of piperazine rings is 1. The largest absolute Gasteiger partial charge is 0.392 e. The van der Waals surface area contributed by atoms with Gasteiger partial charge in [0.15, 0.2) is 5.82 Å². The lowest BCUT2D eigenvalue weighted by atomic mass is 10.1. The number of hydrogen-bond acceptors (Lipinski definition) is 7. The van der Waals surface area contributed by atoms with E-state index in [2.05, 4.69) is 24.6 Å². The fourth-order valence-corrected chi connectivity index (χ4v) is 4.35. The van der Waals surface area contributed by atoms with E-state index in [0.29, 0.717) is 31.3 Å². The van der Waals surface area contributed by atoms with Crippen LogP contribution in [-0.4, -0.2) is 60.1 Å². The van der Waals surface area contributed by atoms with Crippen LogP contribution in [0.5, 0.6) is 0 Å². The van der Waals surface area contributed by atoms with Crippen LogP contribution in [-0.2, 0) is 24.5 Å². The van der Waals surface area contributed by atoms with Crippen LogP contribution < -0.4 is 0 Å². The van der Waals surface area contributed by atoms with Gasteiger partial charge in [-0.1, -0.05) is 29.4 Å². The average molecular weight is 491 g/mol. The zero-order valence-electron chi connectivity index (χ0n) is 19.9. The standard InChI is InChI=1S/C26H27FN6O3/c1-18(20-6-8-22(27)9-7-20)33-17-28-12-23(33)13-31-10-11-32(25(35)15-31)14-24-29-26(36-30-24)21-4-2-19(16-34)3-5-21/h2-9,12,17-18,34H,10-11,13-16H2,1H3/t18-/m1/s1. The molecule has 1 saturated heterocycles. The van der Waals surface area contributed by atoms with E-state index in [1.807, 2.05) is 25.3 Å². The lowest BCUT2D eigenvalue weighted by Gasteiger charge is -2.34. The number of carbonyl (C=O) groups excluding carboxylic acids is 1. The molecule has 1 aliphatic heterocycles. The van der Waals surface area contributed by atoms with Crippen molar-refractivity contribution < 1.29 is 18.8 Å². The normalized spacial score (nSPS) is 15.4. The van der Waals surface area contributed by atoms with Gasteiger partial charge < -0.3 is 19.1 Å². The summed E-state index contributed by atoms with van der Waals surface area (Å²) in [5, 5.41) is 13.2. The van der Waals surface area contributed by atoms with Crippen LogP contribution in [0.4, 0.5) is 4.39 Å². The number of hydrogen-bond donors (Lipinski definition) is 1. The minimum absolute atomic E-state index is 0.00227. The number of carbonyl (C=O) groups is 1. The van der Waals surface area contributed by atoms with Crippen molar-refractivity contribution in [1.82, 2.24) is 29.5 Å². The number of amides is 1. The van der Waals surface area contributed by atoms with Crippen molar-refractivity contribution in [3.05, 3.63) is 89.5 Å². The second kappa shape index (κ2) is 10.4. The van der Waals surface area contributed by atoms with Crippen LogP contribution in [0.15, 0.2) is 65.6 Å². The van der Waals surface area contributed by atoms with Gasteiger partial charge in [0, 0.05) is 31.4 Å². The molecular weight excluding hydrogens is 463 g/mol. The Morgan fingerprint density at radius 1 is 1.08 bits per heavy atom. The van der Waals surface area contributed by atoms with Crippen molar-refractivity contribution >= 4 is 5.91 Å². The number of aliphatic hydroxyl groups excluding tert-OH is 1. The van der Waals surface area contributed by atoms with Crippen molar-refractivity contribution in [2.45, 2.75) is 32.7 Å². The molecule has 1 fully saturated rings. The van der Waals surface area contributed by atoms with Gasteiger partial charge in [0.1, 0.15) is 5.82 Å². The first-order valence-electron chi connectivity index (χ1n) is 11.8. The first-order valence-corrected chi connectivity index (χ1v) is 11.8. The van der Waals surface area contributed by atoms with Crippen molar-refractivity contribution in [2.24, 2.45) is 0 Å². The Morgan fingerprint density at radius 3 is 2.58 bits per heavy atom. The fraction of sp³-hybridized carbons (Fsp3) is 0.308. The third-order valence-corrected chi connectivity index (χ3v) is 6.48. The highest BCUT2D eigenvalue weighted by atomic mass is 19.1. The lowest BCUT2D eigenvalue weighted by molar-refractivity contribution is -0.137. The predicted molar refractivity (Wildman–Crippen MR) is 129 cm³/mol. The van der Waals surface area contributed by atoms with Gasteiger partial charge in [0.2, 0.25) is 5.91 Å². The van der Waals surface area contributed by atoms with Gasteiger partial charge in [0.05, 0.1) is 37.8 Å². The quantitative estimate of drug-likeness (QED) is 0.405. The number of benzene rings is 2. The summed E-state index contributed by atoms with van der Waals surface area (Å²) in [4.78, 5) is 25.4. The molecule has 3 heterocycles. The molecule has 9 nitrogen and oxygen atoms in total. The molecule has 2 aromatic carbocycles. The molecule has 1 aliphatic rings. The third-order valence-electron chi connectivity index (χ3n) is 6.48. The summed E-state index contributed by atoms with van der Waals surface area (Å²) in [6, 6.07) is 13.7. The van der Waals surface area contributed by atoms with E-state index >= 15 is 0 Å². The number of imidazole rings is 1. The molecule has 4 aromatic rings. The monoisotopic (exact) mass is 490 g/mol. The first kappa shape index (κ1) is 23.8. The maximum absolute atomic E-state index is 13.3. The molecule has 1 atom stereocenters. The second-order valence-corrected chi connectivity index (χ2v) is 8.92. The summed E-state index contributed by atoms with van der Waals surface area (Å²) >= 11 is 0. The Balaban J connectivity index is 1.18. The van der Waals surface area contributed by atoms with Crippen molar-refractivity contribution in [2.75, 3.05) is 19.6 Å². The molecule has 0 aliphatic carbocycles. The number of aliphatic hydroxyl groups is 1. The smallest absolute Gasteiger partial charge is 0.257 e. The summed E-state index contributed by atoms with van der Waals surface area (Å²) < 4.78 is 20.7. The molecule has 1 N–H and O–H groups in total. The minimum Gasteiger partial charge on any atom is -0.392 e. The molecule has 0 saturated carbocycles. The van der Waals surface area contributed by atoms with E-state index < -0.39 is 0 Å². The molecule has 2 aromatic heterocycles. The molecule has 1 amide bonds. The summed E-state index contributed by atoms with van der Waals surface area (Å²) in [5.41, 5.74) is 3.53. The molecule has 10 heteroatoms. The Kier molecular flexibility index (Phi) is 6.88. The van der Waals surface area contributed by atoms with Gasteiger partial charge in [-0.05, 0) is 42.3 Å². The van der Waals surface area contributed by atoms with Gasteiger partial charge in [-0.2, -0.15) is 4.98 Å².